The van der Waals surface area contributed by atoms with Gasteiger partial charge in [0.05, 0.1) is 15.9 Å². The number of rotatable bonds is 9. The van der Waals surface area contributed by atoms with Crippen LogP contribution in [0.15, 0.2) is 53.4 Å². The molecule has 2 rings (SSSR count). The third-order valence-electron chi connectivity index (χ3n) is 4.07. The summed E-state index contributed by atoms with van der Waals surface area (Å²) in [5.41, 5.74) is 1.66. The molecule has 1 amide bonds. The van der Waals surface area contributed by atoms with Gasteiger partial charge in [-0.15, -0.1) is 0 Å². The number of nitrogens with one attached hydrogen (secondary N) is 1. The molecule has 2 aromatic carbocycles. The second-order valence-corrected chi connectivity index (χ2v) is 7.57. The van der Waals surface area contributed by atoms with Crippen LogP contribution in [-0.4, -0.2) is 31.3 Å². The van der Waals surface area contributed by atoms with Crippen LogP contribution in [0, 0.1) is 26.1 Å². The van der Waals surface area contributed by atoms with Gasteiger partial charge >= 0.3 is 0 Å². The van der Waals surface area contributed by atoms with Crippen molar-refractivity contribution in [2.75, 3.05) is 0 Å². The van der Waals surface area contributed by atoms with Crippen molar-refractivity contribution in [2.24, 2.45) is 5.92 Å². The zero-order chi connectivity index (χ0) is 21.6. The average molecular weight is 420 g/mol. The van der Waals surface area contributed by atoms with E-state index in [0.717, 1.165) is 23.6 Å². The summed E-state index contributed by atoms with van der Waals surface area (Å²) in [5, 5.41) is 31.6. The van der Waals surface area contributed by atoms with E-state index >= 15 is 0 Å². The second-order valence-electron chi connectivity index (χ2n) is 6.48. The maximum absolute atomic E-state index is 12.3. The Labute approximate surface area is 170 Å². The number of nitro groups is 2. The van der Waals surface area contributed by atoms with Crippen LogP contribution in [0.2, 0.25) is 0 Å². The highest BCUT2D eigenvalue weighted by Gasteiger charge is 2.32. The maximum atomic E-state index is 12.3. The summed E-state index contributed by atoms with van der Waals surface area (Å²) in [6.45, 7) is 3.81. The molecule has 0 spiro atoms. The van der Waals surface area contributed by atoms with Gasteiger partial charge in [-0.3, -0.25) is 30.2 Å². The van der Waals surface area contributed by atoms with Crippen LogP contribution in [0.1, 0.15) is 19.4 Å². The molecule has 1 atom stereocenters. The summed E-state index contributed by atoms with van der Waals surface area (Å²) in [4.78, 5) is 33.5. The Morgan fingerprint density at radius 1 is 1.14 bits per heavy atom. The van der Waals surface area contributed by atoms with E-state index < -0.39 is 33.2 Å². The van der Waals surface area contributed by atoms with Crippen molar-refractivity contribution in [1.29, 1.82) is 0 Å². The van der Waals surface area contributed by atoms with Crippen molar-refractivity contribution >= 4 is 29.2 Å². The van der Waals surface area contributed by atoms with Gasteiger partial charge in [0.15, 0.2) is 0 Å². The Morgan fingerprint density at radius 2 is 1.79 bits per heavy atom. The van der Waals surface area contributed by atoms with E-state index in [9.17, 15) is 25.0 Å². The Kier molecular flexibility index (Phi) is 7.65. The fraction of sp³-hybridized carbons (Fsp3) is 0.278. The molecule has 29 heavy (non-hydrogen) atoms. The van der Waals surface area contributed by atoms with E-state index in [1.54, 1.807) is 23.6 Å². The van der Waals surface area contributed by atoms with Crippen LogP contribution >= 0.6 is 11.9 Å². The van der Waals surface area contributed by atoms with Gasteiger partial charge in [-0.1, -0.05) is 44.2 Å². The van der Waals surface area contributed by atoms with Gasteiger partial charge in [-0.25, -0.2) is 9.79 Å². The molecule has 0 radical (unpaired) electrons. The van der Waals surface area contributed by atoms with Gasteiger partial charge in [-0.2, -0.15) is 0 Å². The van der Waals surface area contributed by atoms with Crippen molar-refractivity contribution < 1.29 is 19.8 Å². The Morgan fingerprint density at radius 3 is 2.31 bits per heavy atom. The molecule has 0 heterocycles. The predicted octanol–water partition coefficient (Wildman–Crippen LogP) is 3.54. The highest BCUT2D eigenvalue weighted by Crippen LogP contribution is 2.37. The number of nitrogens with zero attached hydrogens (tertiary/aromatic N) is 3. The van der Waals surface area contributed by atoms with Crippen LogP contribution in [-0.2, 0) is 11.3 Å². The lowest BCUT2D eigenvalue weighted by atomic mass is 10.0. The molecule has 10 nitrogen and oxygen atoms in total. The van der Waals surface area contributed by atoms with Crippen molar-refractivity contribution in [3.05, 3.63) is 74.3 Å². The van der Waals surface area contributed by atoms with E-state index in [2.05, 4.69) is 0 Å². The zero-order valence-corrected chi connectivity index (χ0v) is 16.5. The van der Waals surface area contributed by atoms with Crippen molar-refractivity contribution in [2.45, 2.75) is 31.3 Å². The first-order chi connectivity index (χ1) is 13.7. The predicted molar refractivity (Wildman–Crippen MR) is 106 cm³/mol. The second kappa shape index (κ2) is 9.96. The zero-order valence-electron chi connectivity index (χ0n) is 15.7. The lowest BCUT2D eigenvalue weighted by Crippen LogP contribution is -2.46. The van der Waals surface area contributed by atoms with Crippen LogP contribution < -0.4 is 5.48 Å². The van der Waals surface area contributed by atoms with Gasteiger partial charge < -0.3 is 0 Å². The number of hydrogen-bond donors (Lipinski definition) is 2. The number of benzene rings is 2. The van der Waals surface area contributed by atoms with E-state index in [1.807, 2.05) is 30.3 Å². The molecule has 0 saturated heterocycles. The first-order valence-electron chi connectivity index (χ1n) is 8.60. The van der Waals surface area contributed by atoms with E-state index in [0.29, 0.717) is 0 Å². The molecule has 0 fully saturated rings. The third kappa shape index (κ3) is 5.73. The summed E-state index contributed by atoms with van der Waals surface area (Å²) in [7, 11) is 0. The lowest BCUT2D eigenvalue weighted by Gasteiger charge is -2.31. The van der Waals surface area contributed by atoms with Crippen molar-refractivity contribution in [3.8, 4) is 0 Å². The number of nitro benzene ring substituents is 2. The van der Waals surface area contributed by atoms with E-state index in [1.165, 1.54) is 12.1 Å². The SMILES string of the molecule is CC(C)[C@@H](C(=O)NO)N(Cc1ccccc1)Sc1ccc([N+](=O)[O-])cc1[N+](=O)[O-]. The van der Waals surface area contributed by atoms with Gasteiger partial charge in [0.2, 0.25) is 0 Å². The molecule has 0 aliphatic carbocycles. The molecule has 2 aromatic rings. The van der Waals surface area contributed by atoms with Crippen LogP contribution in [0.25, 0.3) is 0 Å². The molecule has 0 unspecified atom stereocenters. The summed E-state index contributed by atoms with van der Waals surface area (Å²) in [6, 6.07) is 11.7. The van der Waals surface area contributed by atoms with Crippen LogP contribution in [0.3, 0.4) is 0 Å². The highest BCUT2D eigenvalue weighted by molar-refractivity contribution is 7.97. The monoisotopic (exact) mass is 420 g/mol. The minimum atomic E-state index is -0.819. The summed E-state index contributed by atoms with van der Waals surface area (Å²) in [6.07, 6.45) is 0. The summed E-state index contributed by atoms with van der Waals surface area (Å²) < 4.78 is 1.61. The Bertz CT molecular complexity index is 893. The standard InChI is InChI=1S/C18H20N4O6S/c1-12(2)17(18(23)19-24)20(11-13-6-4-3-5-7-13)29-16-9-8-14(21(25)26)10-15(16)22(27)28/h3-10,12,17,24H,11H2,1-2H3,(H,19,23)/t17-/m0/s1. The quantitative estimate of drug-likeness (QED) is 0.272. The fourth-order valence-electron chi connectivity index (χ4n) is 2.75. The molecule has 0 aromatic heterocycles. The highest BCUT2D eigenvalue weighted by atomic mass is 32.2. The lowest BCUT2D eigenvalue weighted by molar-refractivity contribution is -0.396. The minimum Gasteiger partial charge on any atom is -0.289 e. The summed E-state index contributed by atoms with van der Waals surface area (Å²) in [5.74, 6) is -0.900. The number of carbonyl (C=O) groups is 1. The maximum Gasteiger partial charge on any atom is 0.291 e. The molecular weight excluding hydrogens is 400 g/mol. The first kappa shape index (κ1) is 22.3. The van der Waals surface area contributed by atoms with Crippen molar-refractivity contribution in [3.63, 3.8) is 0 Å². The molecular formula is C18H20N4O6S. The molecule has 2 N–H and O–H groups in total. The van der Waals surface area contributed by atoms with Crippen LogP contribution in [0.5, 0.6) is 0 Å². The molecule has 0 saturated carbocycles. The number of amides is 1. The molecule has 0 aliphatic rings. The van der Waals surface area contributed by atoms with Gasteiger partial charge in [0.25, 0.3) is 17.3 Å². The minimum absolute atomic E-state index is 0.146. The molecule has 0 aliphatic heterocycles. The molecule has 11 heteroatoms. The van der Waals surface area contributed by atoms with Gasteiger partial charge in [0, 0.05) is 12.6 Å². The van der Waals surface area contributed by atoms with Gasteiger partial charge in [-0.05, 0) is 29.5 Å². The van der Waals surface area contributed by atoms with Gasteiger partial charge in [0.1, 0.15) is 10.9 Å². The third-order valence-corrected chi connectivity index (χ3v) is 5.20. The summed E-state index contributed by atoms with van der Waals surface area (Å²) >= 11 is 0.936. The number of hydroxylamine groups is 1. The number of hydrogen-bond acceptors (Lipinski definition) is 8. The Hall–Kier alpha value is -3.02. The van der Waals surface area contributed by atoms with E-state index in [4.69, 9.17) is 5.21 Å². The smallest absolute Gasteiger partial charge is 0.289 e. The Balaban J connectivity index is 2.47. The normalized spacial score (nSPS) is 12.0. The van der Waals surface area contributed by atoms with Crippen molar-refractivity contribution in [1.82, 2.24) is 9.79 Å². The topological polar surface area (TPSA) is 139 Å². The number of non-ortho nitro benzene ring substituents is 1. The average Bonchev–Trinajstić information content (AvgIpc) is 2.68. The first-order valence-corrected chi connectivity index (χ1v) is 9.37. The van der Waals surface area contributed by atoms with Crippen LogP contribution in [0.4, 0.5) is 11.4 Å². The fourth-order valence-corrected chi connectivity index (χ4v) is 4.02. The molecule has 154 valence electrons. The number of carbonyl (C=O) groups excluding carboxylic acids is 1. The molecule has 0 bridgehead atoms. The largest absolute Gasteiger partial charge is 0.291 e. The van der Waals surface area contributed by atoms with E-state index in [-0.39, 0.29) is 17.4 Å².